The van der Waals surface area contributed by atoms with Crippen LogP contribution in [0.2, 0.25) is 0 Å². The molecule has 0 aliphatic carbocycles. The third kappa shape index (κ3) is 5.21. The first-order valence-corrected chi connectivity index (χ1v) is 7.14. The average molecular weight is 279 g/mol. The summed E-state index contributed by atoms with van der Waals surface area (Å²) in [5, 5.41) is 12.4. The lowest BCUT2D eigenvalue weighted by atomic mass is 10.1. The van der Waals surface area contributed by atoms with Crippen LogP contribution in [0.5, 0.6) is 5.75 Å². The second kappa shape index (κ2) is 7.90. The number of aliphatic hydroxyl groups is 1. The number of aryl methyl sites for hydroxylation is 1. The normalized spacial score (nSPS) is 13.7. The molecule has 0 fully saturated rings. The Morgan fingerprint density at radius 2 is 2.10 bits per heavy atom. The summed E-state index contributed by atoms with van der Waals surface area (Å²) >= 11 is 0. The van der Waals surface area contributed by atoms with Crippen LogP contribution in [0.3, 0.4) is 0 Å². The smallest absolute Gasteiger partial charge is 0.258 e. The molecule has 0 saturated heterocycles. The molecule has 0 saturated carbocycles. The van der Waals surface area contributed by atoms with Gasteiger partial charge in [-0.3, -0.25) is 4.79 Å². The number of aliphatic hydroxyl groups excluding tert-OH is 1. The largest absolute Gasteiger partial charge is 0.484 e. The predicted molar refractivity (Wildman–Crippen MR) is 79.8 cm³/mol. The first-order chi connectivity index (χ1) is 9.43. The van der Waals surface area contributed by atoms with Gasteiger partial charge in [0.1, 0.15) is 5.75 Å². The highest BCUT2D eigenvalue weighted by Gasteiger charge is 2.09. The minimum absolute atomic E-state index is 0.0168. The van der Waals surface area contributed by atoms with E-state index in [0.717, 1.165) is 24.0 Å². The van der Waals surface area contributed by atoms with Crippen LogP contribution in [-0.2, 0) is 4.79 Å². The van der Waals surface area contributed by atoms with Gasteiger partial charge in [0.25, 0.3) is 5.91 Å². The van der Waals surface area contributed by atoms with Gasteiger partial charge < -0.3 is 15.2 Å². The molecular formula is C16H25NO3. The van der Waals surface area contributed by atoms with Gasteiger partial charge in [-0.15, -0.1) is 0 Å². The first kappa shape index (κ1) is 16.5. The van der Waals surface area contributed by atoms with Crippen LogP contribution in [0.15, 0.2) is 18.2 Å². The molecule has 0 aliphatic heterocycles. The summed E-state index contributed by atoms with van der Waals surface area (Å²) in [5.41, 5.74) is 1.76. The number of carbonyl (C=O) groups excluding carboxylic acids is 1. The van der Waals surface area contributed by atoms with Gasteiger partial charge in [0, 0.05) is 6.04 Å². The van der Waals surface area contributed by atoms with Gasteiger partial charge in [-0.25, -0.2) is 0 Å². The molecule has 2 unspecified atom stereocenters. The van der Waals surface area contributed by atoms with E-state index in [1.54, 1.807) is 13.0 Å². The third-order valence-electron chi connectivity index (χ3n) is 3.17. The molecule has 4 heteroatoms. The Bertz CT molecular complexity index is 443. The Labute approximate surface area is 121 Å². The average Bonchev–Trinajstić information content (AvgIpc) is 2.37. The molecule has 1 aromatic rings. The standard InChI is InChI=1S/C16H25NO3/c1-5-6-12(3)17-16(19)10-20-15-8-7-14(13(4)18)9-11(15)2/h7-9,12-13,18H,5-6,10H2,1-4H3,(H,17,19). The van der Waals surface area contributed by atoms with E-state index in [1.165, 1.54) is 0 Å². The third-order valence-corrected chi connectivity index (χ3v) is 3.17. The fourth-order valence-corrected chi connectivity index (χ4v) is 2.06. The summed E-state index contributed by atoms with van der Waals surface area (Å²) < 4.78 is 5.52. The maximum Gasteiger partial charge on any atom is 0.258 e. The molecule has 4 nitrogen and oxygen atoms in total. The summed E-state index contributed by atoms with van der Waals surface area (Å²) in [6.45, 7) is 7.72. The number of hydrogen-bond donors (Lipinski definition) is 2. The second-order valence-electron chi connectivity index (χ2n) is 5.25. The van der Waals surface area contributed by atoms with E-state index in [4.69, 9.17) is 4.74 Å². The van der Waals surface area contributed by atoms with Crippen molar-refractivity contribution in [2.24, 2.45) is 0 Å². The highest BCUT2D eigenvalue weighted by atomic mass is 16.5. The molecule has 1 rings (SSSR count). The van der Waals surface area contributed by atoms with E-state index in [0.29, 0.717) is 5.75 Å². The van der Waals surface area contributed by atoms with Crippen molar-refractivity contribution in [2.75, 3.05) is 6.61 Å². The van der Waals surface area contributed by atoms with E-state index in [1.807, 2.05) is 26.0 Å². The Morgan fingerprint density at radius 3 is 2.65 bits per heavy atom. The van der Waals surface area contributed by atoms with Crippen LogP contribution in [0, 0.1) is 6.92 Å². The highest BCUT2D eigenvalue weighted by Crippen LogP contribution is 2.22. The van der Waals surface area contributed by atoms with Crippen LogP contribution < -0.4 is 10.1 Å². The number of rotatable bonds is 7. The molecule has 1 amide bonds. The molecule has 0 aromatic heterocycles. The molecule has 0 bridgehead atoms. The molecule has 0 aliphatic rings. The topological polar surface area (TPSA) is 58.6 Å². The molecular weight excluding hydrogens is 254 g/mol. The zero-order chi connectivity index (χ0) is 15.1. The maximum absolute atomic E-state index is 11.7. The Balaban J connectivity index is 2.51. The van der Waals surface area contributed by atoms with E-state index in [-0.39, 0.29) is 18.6 Å². The van der Waals surface area contributed by atoms with Crippen molar-refractivity contribution in [3.63, 3.8) is 0 Å². The number of amides is 1. The van der Waals surface area contributed by atoms with E-state index in [9.17, 15) is 9.90 Å². The summed E-state index contributed by atoms with van der Waals surface area (Å²) in [6.07, 6.45) is 1.51. The summed E-state index contributed by atoms with van der Waals surface area (Å²) in [7, 11) is 0. The Kier molecular flexibility index (Phi) is 6.52. The Hall–Kier alpha value is -1.55. The fourth-order valence-electron chi connectivity index (χ4n) is 2.06. The van der Waals surface area contributed by atoms with Crippen molar-refractivity contribution in [1.29, 1.82) is 0 Å². The minimum Gasteiger partial charge on any atom is -0.484 e. The molecule has 0 spiro atoms. The van der Waals surface area contributed by atoms with Crippen LogP contribution >= 0.6 is 0 Å². The first-order valence-electron chi connectivity index (χ1n) is 7.14. The lowest BCUT2D eigenvalue weighted by Crippen LogP contribution is -2.36. The lowest BCUT2D eigenvalue weighted by Gasteiger charge is -2.14. The van der Waals surface area contributed by atoms with Gasteiger partial charge >= 0.3 is 0 Å². The summed E-state index contributed by atoms with van der Waals surface area (Å²) in [4.78, 5) is 11.7. The van der Waals surface area contributed by atoms with Gasteiger partial charge in [0.2, 0.25) is 0 Å². The molecule has 1 aromatic carbocycles. The van der Waals surface area contributed by atoms with Gasteiger partial charge in [-0.1, -0.05) is 19.4 Å². The van der Waals surface area contributed by atoms with E-state index in [2.05, 4.69) is 12.2 Å². The lowest BCUT2D eigenvalue weighted by molar-refractivity contribution is -0.123. The van der Waals surface area contributed by atoms with Gasteiger partial charge in [0.05, 0.1) is 6.10 Å². The molecule has 112 valence electrons. The highest BCUT2D eigenvalue weighted by molar-refractivity contribution is 5.77. The number of hydrogen-bond acceptors (Lipinski definition) is 3. The number of benzene rings is 1. The van der Waals surface area contributed by atoms with Crippen molar-refractivity contribution in [3.05, 3.63) is 29.3 Å². The zero-order valence-corrected chi connectivity index (χ0v) is 12.8. The van der Waals surface area contributed by atoms with Crippen molar-refractivity contribution in [3.8, 4) is 5.75 Å². The van der Waals surface area contributed by atoms with Crippen LogP contribution in [0.4, 0.5) is 0 Å². The fraction of sp³-hybridized carbons (Fsp3) is 0.562. The second-order valence-corrected chi connectivity index (χ2v) is 5.25. The molecule has 2 atom stereocenters. The molecule has 20 heavy (non-hydrogen) atoms. The number of ether oxygens (including phenoxy) is 1. The SMILES string of the molecule is CCCC(C)NC(=O)COc1ccc(C(C)O)cc1C. The van der Waals surface area contributed by atoms with Gasteiger partial charge in [0.15, 0.2) is 6.61 Å². The summed E-state index contributed by atoms with van der Waals surface area (Å²) in [5.74, 6) is 0.567. The van der Waals surface area contributed by atoms with Crippen molar-refractivity contribution in [1.82, 2.24) is 5.32 Å². The summed E-state index contributed by atoms with van der Waals surface area (Å²) in [6, 6.07) is 5.65. The molecule has 0 radical (unpaired) electrons. The molecule has 0 heterocycles. The van der Waals surface area contributed by atoms with Gasteiger partial charge in [-0.2, -0.15) is 0 Å². The quantitative estimate of drug-likeness (QED) is 0.807. The maximum atomic E-state index is 11.7. The number of carbonyl (C=O) groups is 1. The van der Waals surface area contributed by atoms with Gasteiger partial charge in [-0.05, 0) is 50.5 Å². The minimum atomic E-state index is -0.499. The van der Waals surface area contributed by atoms with Crippen LogP contribution in [-0.4, -0.2) is 23.7 Å². The molecule has 2 N–H and O–H groups in total. The monoisotopic (exact) mass is 279 g/mol. The predicted octanol–water partition coefficient (Wildman–Crippen LogP) is 2.73. The zero-order valence-electron chi connectivity index (χ0n) is 12.8. The van der Waals surface area contributed by atoms with Crippen LogP contribution in [0.25, 0.3) is 0 Å². The van der Waals surface area contributed by atoms with Crippen molar-refractivity contribution < 1.29 is 14.6 Å². The van der Waals surface area contributed by atoms with Crippen molar-refractivity contribution in [2.45, 2.75) is 52.7 Å². The number of nitrogens with one attached hydrogen (secondary N) is 1. The van der Waals surface area contributed by atoms with Crippen LogP contribution in [0.1, 0.15) is 50.8 Å². The Morgan fingerprint density at radius 1 is 1.40 bits per heavy atom. The van der Waals surface area contributed by atoms with E-state index >= 15 is 0 Å². The van der Waals surface area contributed by atoms with E-state index < -0.39 is 6.10 Å². The van der Waals surface area contributed by atoms with Crippen molar-refractivity contribution >= 4 is 5.91 Å².